The van der Waals surface area contributed by atoms with Crippen molar-refractivity contribution in [2.75, 3.05) is 38.7 Å². The van der Waals surface area contributed by atoms with E-state index >= 15 is 0 Å². The number of carbonyl (C=O) groups is 1. The number of ether oxygens (including phenoxy) is 2. The van der Waals surface area contributed by atoms with E-state index in [2.05, 4.69) is 21.2 Å². The summed E-state index contributed by atoms with van der Waals surface area (Å²) in [6.07, 6.45) is 0. The molecule has 2 aromatic heterocycles. The van der Waals surface area contributed by atoms with Crippen LogP contribution in [0.1, 0.15) is 6.92 Å². The summed E-state index contributed by atoms with van der Waals surface area (Å²) in [6, 6.07) is 13.0. The number of nitrogens with zero attached hydrogens (tertiary/aromatic N) is 5. The smallest absolute Gasteiger partial charge is 0.244 e. The number of hydrogen-bond acceptors (Lipinski definition) is 7. The third-order valence-electron chi connectivity index (χ3n) is 6.50. The zero-order valence-corrected chi connectivity index (χ0v) is 20.4. The highest BCUT2D eigenvalue weighted by Gasteiger charge is 2.51. The Morgan fingerprint density at radius 1 is 1.18 bits per heavy atom. The molecule has 1 spiro atoms. The maximum atomic E-state index is 13.0. The van der Waals surface area contributed by atoms with Crippen molar-refractivity contribution in [3.05, 3.63) is 46.9 Å². The van der Waals surface area contributed by atoms with Crippen LogP contribution in [0.2, 0.25) is 0 Å². The third kappa shape index (κ3) is 3.40. The summed E-state index contributed by atoms with van der Waals surface area (Å²) in [7, 11) is 1.63. The highest BCUT2D eigenvalue weighted by atomic mass is 79.9. The number of amides is 1. The molecule has 1 atom stereocenters. The van der Waals surface area contributed by atoms with Gasteiger partial charge in [0.05, 0.1) is 31.3 Å². The molecule has 0 bridgehead atoms. The number of methoxy groups -OCH3 is 1. The van der Waals surface area contributed by atoms with Crippen LogP contribution in [0.15, 0.2) is 46.9 Å². The van der Waals surface area contributed by atoms with E-state index in [4.69, 9.17) is 24.5 Å². The molecular formula is C24H23BrN6O3. The molecule has 1 amide bonds. The Morgan fingerprint density at radius 2 is 1.94 bits per heavy atom. The first-order chi connectivity index (χ1) is 16.5. The van der Waals surface area contributed by atoms with Crippen molar-refractivity contribution in [2.24, 2.45) is 5.41 Å². The van der Waals surface area contributed by atoms with E-state index in [0.29, 0.717) is 17.4 Å². The van der Waals surface area contributed by atoms with E-state index in [1.807, 2.05) is 54.3 Å². The monoisotopic (exact) mass is 522 g/mol. The molecule has 9 nitrogen and oxygen atoms in total. The molecule has 34 heavy (non-hydrogen) atoms. The predicted octanol–water partition coefficient (Wildman–Crippen LogP) is 3.37. The lowest BCUT2D eigenvalue weighted by Crippen LogP contribution is -2.68. The number of halogens is 1. The van der Waals surface area contributed by atoms with Crippen molar-refractivity contribution in [3.8, 4) is 17.1 Å². The van der Waals surface area contributed by atoms with Gasteiger partial charge in [0.2, 0.25) is 11.9 Å². The quantitative estimate of drug-likeness (QED) is 0.429. The molecule has 2 aliphatic rings. The molecule has 2 aliphatic heterocycles. The zero-order chi connectivity index (χ0) is 23.4. The van der Waals surface area contributed by atoms with Gasteiger partial charge in [-0.25, -0.2) is 9.97 Å². The molecular weight excluding hydrogens is 500 g/mol. The van der Waals surface area contributed by atoms with E-state index in [-0.39, 0.29) is 11.3 Å². The summed E-state index contributed by atoms with van der Waals surface area (Å²) in [5, 5.41) is 8.89. The molecule has 0 radical (unpaired) electrons. The second kappa shape index (κ2) is 7.92. The minimum absolute atomic E-state index is 0.0372. The number of nitrogens with one attached hydrogen (secondary N) is 1. The first-order valence-corrected chi connectivity index (χ1v) is 11.9. The number of aromatic nitrogens is 4. The van der Waals surface area contributed by atoms with Crippen LogP contribution in [0.4, 0.5) is 5.95 Å². The van der Waals surface area contributed by atoms with Crippen LogP contribution in [0, 0.1) is 5.41 Å². The van der Waals surface area contributed by atoms with Gasteiger partial charge in [0, 0.05) is 28.5 Å². The van der Waals surface area contributed by atoms with E-state index < -0.39 is 6.04 Å². The van der Waals surface area contributed by atoms with Crippen LogP contribution in [-0.2, 0) is 9.53 Å². The highest BCUT2D eigenvalue weighted by molar-refractivity contribution is 9.10. The van der Waals surface area contributed by atoms with Crippen molar-refractivity contribution in [1.29, 1.82) is 0 Å². The Kier molecular flexibility index (Phi) is 4.96. The minimum atomic E-state index is -0.470. The highest BCUT2D eigenvalue weighted by Crippen LogP contribution is 2.38. The summed E-state index contributed by atoms with van der Waals surface area (Å²) in [6.45, 7) is 4.83. The van der Waals surface area contributed by atoms with Crippen molar-refractivity contribution in [1.82, 2.24) is 24.5 Å². The molecule has 1 unspecified atom stereocenters. The van der Waals surface area contributed by atoms with Crippen LogP contribution in [0.25, 0.3) is 27.9 Å². The summed E-state index contributed by atoms with van der Waals surface area (Å²) in [5.74, 6) is 1.83. The van der Waals surface area contributed by atoms with Crippen LogP contribution in [0.5, 0.6) is 5.75 Å². The number of fused-ring (bicyclic) bond motifs is 3. The first-order valence-electron chi connectivity index (χ1n) is 11.1. The van der Waals surface area contributed by atoms with Crippen LogP contribution in [-0.4, -0.2) is 69.8 Å². The summed E-state index contributed by atoms with van der Waals surface area (Å²) in [5.41, 5.74) is 2.44. The Bertz CT molecular complexity index is 1410. The molecule has 0 aliphatic carbocycles. The Balaban J connectivity index is 1.37. The van der Waals surface area contributed by atoms with Gasteiger partial charge in [-0.3, -0.25) is 4.79 Å². The van der Waals surface area contributed by atoms with Crippen molar-refractivity contribution in [2.45, 2.75) is 13.0 Å². The van der Waals surface area contributed by atoms with E-state index in [9.17, 15) is 4.79 Å². The van der Waals surface area contributed by atoms with Gasteiger partial charge in [-0.05, 0) is 59.3 Å². The van der Waals surface area contributed by atoms with Gasteiger partial charge >= 0.3 is 0 Å². The van der Waals surface area contributed by atoms with Crippen molar-refractivity contribution in [3.63, 3.8) is 0 Å². The Labute approximate surface area is 204 Å². The number of carbonyl (C=O) groups excluding carboxylic acids is 1. The normalized spacial score (nSPS) is 17.4. The standard InChI is InChI=1S/C24H23BrN6O3/c1-14(22(32)30-10-24(11-30)12-34-13-24)26-23-27-19-17(4-3-5-18(19)25)21-28-20(29-31(21)23)15-6-8-16(33-2)9-7-15/h3-9,14H,10-13H2,1-2H3,(H,26,27). The lowest BCUT2D eigenvalue weighted by Gasteiger charge is -2.55. The summed E-state index contributed by atoms with van der Waals surface area (Å²) >= 11 is 3.60. The molecule has 2 aromatic carbocycles. The molecule has 2 fully saturated rings. The second-order valence-electron chi connectivity index (χ2n) is 9.02. The molecule has 4 aromatic rings. The molecule has 2 saturated heterocycles. The largest absolute Gasteiger partial charge is 0.497 e. The van der Waals surface area contributed by atoms with Gasteiger partial charge in [-0.1, -0.05) is 6.07 Å². The Morgan fingerprint density at radius 3 is 2.62 bits per heavy atom. The SMILES string of the molecule is COc1ccc(-c2nc3c4cccc(Br)c4nc(NC(C)C(=O)N4CC5(COC5)C4)n3n2)cc1. The fourth-order valence-electron chi connectivity index (χ4n) is 4.57. The lowest BCUT2D eigenvalue weighted by molar-refractivity contribution is -0.195. The number of benzene rings is 2. The predicted molar refractivity (Wildman–Crippen MR) is 131 cm³/mol. The average molecular weight is 523 g/mol. The average Bonchev–Trinajstić information content (AvgIpc) is 3.24. The van der Waals surface area contributed by atoms with Gasteiger partial charge < -0.3 is 19.7 Å². The fourth-order valence-corrected chi connectivity index (χ4v) is 5.03. The van der Waals surface area contributed by atoms with Crippen molar-refractivity contribution >= 4 is 44.3 Å². The van der Waals surface area contributed by atoms with Crippen molar-refractivity contribution < 1.29 is 14.3 Å². The third-order valence-corrected chi connectivity index (χ3v) is 7.14. The first kappa shape index (κ1) is 21.3. The summed E-state index contributed by atoms with van der Waals surface area (Å²) < 4.78 is 13.1. The zero-order valence-electron chi connectivity index (χ0n) is 18.8. The van der Waals surface area contributed by atoms with E-state index in [1.54, 1.807) is 11.6 Å². The maximum absolute atomic E-state index is 13.0. The number of hydrogen-bond donors (Lipinski definition) is 1. The molecule has 174 valence electrons. The topological polar surface area (TPSA) is 93.9 Å². The number of para-hydroxylation sites is 1. The Hall–Kier alpha value is -3.24. The van der Waals surface area contributed by atoms with E-state index in [0.717, 1.165) is 53.0 Å². The number of likely N-dealkylation sites (tertiary alicyclic amines) is 1. The lowest BCUT2D eigenvalue weighted by atomic mass is 9.78. The van der Waals surface area contributed by atoms with Crippen LogP contribution < -0.4 is 10.1 Å². The molecule has 0 saturated carbocycles. The second-order valence-corrected chi connectivity index (χ2v) is 9.88. The van der Waals surface area contributed by atoms with Gasteiger partial charge in [-0.15, -0.1) is 5.10 Å². The van der Waals surface area contributed by atoms with E-state index in [1.165, 1.54) is 0 Å². The van der Waals surface area contributed by atoms with Crippen LogP contribution >= 0.6 is 15.9 Å². The minimum Gasteiger partial charge on any atom is -0.497 e. The van der Waals surface area contributed by atoms with Crippen LogP contribution in [0.3, 0.4) is 0 Å². The number of rotatable bonds is 5. The fraction of sp³-hybridized carbons (Fsp3) is 0.333. The molecule has 1 N–H and O–H groups in total. The molecule has 4 heterocycles. The van der Waals surface area contributed by atoms with Gasteiger partial charge in [0.25, 0.3) is 0 Å². The number of anilines is 1. The van der Waals surface area contributed by atoms with Gasteiger partial charge in [0.1, 0.15) is 11.8 Å². The summed E-state index contributed by atoms with van der Waals surface area (Å²) in [4.78, 5) is 24.5. The molecule has 6 rings (SSSR count). The molecule has 10 heteroatoms. The van der Waals surface area contributed by atoms with Gasteiger partial charge in [-0.2, -0.15) is 4.52 Å². The maximum Gasteiger partial charge on any atom is 0.244 e. The van der Waals surface area contributed by atoms with Gasteiger partial charge in [0.15, 0.2) is 11.5 Å².